The quantitative estimate of drug-likeness (QED) is 0.863. The predicted octanol–water partition coefficient (Wildman–Crippen LogP) is 2.16. The van der Waals surface area contributed by atoms with Gasteiger partial charge < -0.3 is 10.1 Å². The van der Waals surface area contributed by atoms with E-state index < -0.39 is 9.84 Å². The van der Waals surface area contributed by atoms with Crippen LogP contribution in [0.5, 0.6) is 0 Å². The number of aryl methyl sites for hydroxylation is 1. The molecule has 2 rings (SSSR count). The fraction of sp³-hybridized carbons (Fsp3) is 0.533. The second kappa shape index (κ2) is 6.05. The molecular formula is C15H21NO4S. The highest BCUT2D eigenvalue weighted by Crippen LogP contribution is 2.29. The summed E-state index contributed by atoms with van der Waals surface area (Å²) in [6.45, 7) is 1.89. The van der Waals surface area contributed by atoms with E-state index in [2.05, 4.69) is 10.1 Å². The molecular weight excluding hydrogens is 290 g/mol. The van der Waals surface area contributed by atoms with Crippen LogP contribution in [-0.2, 0) is 14.6 Å². The number of carbonyl (C=O) groups is 1. The number of hydrogen-bond donors (Lipinski definition) is 1. The molecule has 1 fully saturated rings. The summed E-state index contributed by atoms with van der Waals surface area (Å²) in [5, 5.41) is 2.98. The summed E-state index contributed by atoms with van der Waals surface area (Å²) in [5.74, 6) is -0.375. The number of rotatable bonds is 4. The Morgan fingerprint density at radius 2 is 2.05 bits per heavy atom. The smallest absolute Gasteiger partial charge is 0.337 e. The first-order valence-electron chi connectivity index (χ1n) is 6.97. The van der Waals surface area contributed by atoms with Crippen molar-refractivity contribution in [3.05, 3.63) is 29.3 Å². The van der Waals surface area contributed by atoms with Gasteiger partial charge in [0.25, 0.3) is 0 Å². The number of carbonyl (C=O) groups excluding carboxylic acids is 1. The maximum Gasteiger partial charge on any atom is 0.337 e. The first-order valence-corrected chi connectivity index (χ1v) is 8.92. The molecule has 0 spiro atoms. The molecule has 1 aromatic carbocycles. The zero-order valence-electron chi connectivity index (χ0n) is 12.5. The normalized spacial score (nSPS) is 22.0. The number of hydrogen-bond acceptors (Lipinski definition) is 5. The number of benzene rings is 1. The van der Waals surface area contributed by atoms with Gasteiger partial charge in [0, 0.05) is 18.0 Å². The molecule has 21 heavy (non-hydrogen) atoms. The molecule has 1 aromatic rings. The molecule has 0 radical (unpaired) electrons. The average molecular weight is 311 g/mol. The zero-order valence-corrected chi connectivity index (χ0v) is 13.4. The van der Waals surface area contributed by atoms with E-state index in [-0.39, 0.29) is 17.3 Å². The molecule has 1 saturated carbocycles. The Hall–Kier alpha value is -1.56. The lowest BCUT2D eigenvalue weighted by molar-refractivity contribution is 0.0600. The minimum atomic E-state index is -3.05. The van der Waals surface area contributed by atoms with Crippen LogP contribution in [0.4, 0.5) is 5.69 Å². The molecule has 1 aliphatic rings. The van der Waals surface area contributed by atoms with E-state index in [1.54, 1.807) is 18.2 Å². The third-order valence-corrected chi connectivity index (χ3v) is 5.66. The highest BCUT2D eigenvalue weighted by molar-refractivity contribution is 7.91. The lowest BCUT2D eigenvalue weighted by Crippen LogP contribution is -2.34. The van der Waals surface area contributed by atoms with Crippen molar-refractivity contribution in [3.8, 4) is 0 Å². The van der Waals surface area contributed by atoms with Crippen LogP contribution in [0, 0.1) is 6.92 Å². The summed E-state index contributed by atoms with van der Waals surface area (Å²) < 4.78 is 28.3. The molecule has 6 heteroatoms. The fourth-order valence-corrected chi connectivity index (χ4v) is 4.27. The van der Waals surface area contributed by atoms with Crippen molar-refractivity contribution >= 4 is 21.5 Å². The summed E-state index contributed by atoms with van der Waals surface area (Å²) in [4.78, 5) is 11.5. The van der Waals surface area contributed by atoms with Gasteiger partial charge in [-0.2, -0.15) is 0 Å². The fourth-order valence-electron chi connectivity index (χ4n) is 2.87. The van der Waals surface area contributed by atoms with E-state index in [1.165, 1.54) is 13.4 Å². The van der Waals surface area contributed by atoms with Gasteiger partial charge in [-0.3, -0.25) is 0 Å². The molecule has 0 aromatic heterocycles. The molecule has 1 aliphatic carbocycles. The van der Waals surface area contributed by atoms with Gasteiger partial charge in [-0.15, -0.1) is 0 Å². The van der Waals surface area contributed by atoms with E-state index >= 15 is 0 Å². The van der Waals surface area contributed by atoms with Gasteiger partial charge in [0.1, 0.15) is 0 Å². The van der Waals surface area contributed by atoms with Crippen LogP contribution in [0.25, 0.3) is 0 Å². The number of methoxy groups -OCH3 is 1. The molecule has 2 unspecified atom stereocenters. The van der Waals surface area contributed by atoms with Gasteiger partial charge in [0.2, 0.25) is 0 Å². The Labute approximate surface area is 125 Å². The number of sulfone groups is 1. The molecule has 116 valence electrons. The molecule has 2 atom stereocenters. The molecule has 0 amide bonds. The maximum atomic E-state index is 11.8. The SMILES string of the molecule is COC(=O)c1ccc(NC2CCCC2S(C)(=O)=O)c(C)c1. The highest BCUT2D eigenvalue weighted by atomic mass is 32.2. The number of anilines is 1. The van der Waals surface area contributed by atoms with Gasteiger partial charge in [-0.1, -0.05) is 0 Å². The molecule has 0 bridgehead atoms. The lowest BCUT2D eigenvalue weighted by atomic mass is 10.1. The van der Waals surface area contributed by atoms with Crippen molar-refractivity contribution in [2.75, 3.05) is 18.7 Å². The first kappa shape index (κ1) is 15.8. The Kier molecular flexibility index (Phi) is 4.56. The van der Waals surface area contributed by atoms with E-state index in [0.29, 0.717) is 12.0 Å². The number of esters is 1. The summed E-state index contributed by atoms with van der Waals surface area (Å²) in [7, 11) is -1.70. The topological polar surface area (TPSA) is 72.5 Å². The van der Waals surface area contributed by atoms with Crippen LogP contribution in [0.3, 0.4) is 0 Å². The molecule has 0 heterocycles. The monoisotopic (exact) mass is 311 g/mol. The van der Waals surface area contributed by atoms with Gasteiger partial charge in [-0.05, 0) is 49.9 Å². The van der Waals surface area contributed by atoms with Crippen LogP contribution < -0.4 is 5.32 Å². The van der Waals surface area contributed by atoms with Crippen molar-refractivity contribution < 1.29 is 17.9 Å². The minimum Gasteiger partial charge on any atom is -0.465 e. The lowest BCUT2D eigenvalue weighted by Gasteiger charge is -2.22. The van der Waals surface area contributed by atoms with Crippen LogP contribution in [0.2, 0.25) is 0 Å². The van der Waals surface area contributed by atoms with Crippen LogP contribution in [-0.4, -0.2) is 39.0 Å². The van der Waals surface area contributed by atoms with E-state index in [1.807, 2.05) is 6.92 Å². The molecule has 0 saturated heterocycles. The number of ether oxygens (including phenoxy) is 1. The first-order chi connectivity index (χ1) is 9.82. The van der Waals surface area contributed by atoms with Gasteiger partial charge >= 0.3 is 5.97 Å². The molecule has 1 N–H and O–H groups in total. The predicted molar refractivity (Wildman–Crippen MR) is 82.4 cm³/mol. The van der Waals surface area contributed by atoms with Crippen LogP contribution >= 0.6 is 0 Å². The standard InChI is InChI=1S/C15H21NO4S/c1-10-9-11(15(17)20-2)7-8-12(10)16-13-5-4-6-14(13)21(3,18)19/h7-9,13-14,16H,4-6H2,1-3H3. The maximum absolute atomic E-state index is 11.8. The van der Waals surface area contributed by atoms with E-state index in [9.17, 15) is 13.2 Å². The van der Waals surface area contributed by atoms with Crippen molar-refractivity contribution in [1.82, 2.24) is 0 Å². The third kappa shape index (κ3) is 3.56. The van der Waals surface area contributed by atoms with E-state index in [4.69, 9.17) is 0 Å². The summed E-state index contributed by atoms with van der Waals surface area (Å²) in [6.07, 6.45) is 3.76. The third-order valence-electron chi connectivity index (χ3n) is 3.99. The summed E-state index contributed by atoms with van der Waals surface area (Å²) in [6, 6.07) is 5.17. The minimum absolute atomic E-state index is 0.0670. The van der Waals surface area contributed by atoms with Crippen LogP contribution in [0.1, 0.15) is 35.2 Å². The Morgan fingerprint density at radius 1 is 1.33 bits per heavy atom. The number of nitrogens with one attached hydrogen (secondary N) is 1. The second-order valence-electron chi connectivity index (χ2n) is 5.57. The second-order valence-corrected chi connectivity index (χ2v) is 7.84. The Morgan fingerprint density at radius 3 is 2.62 bits per heavy atom. The van der Waals surface area contributed by atoms with Crippen LogP contribution in [0.15, 0.2) is 18.2 Å². The zero-order chi connectivity index (χ0) is 15.6. The van der Waals surface area contributed by atoms with Crippen molar-refractivity contribution in [1.29, 1.82) is 0 Å². The molecule has 0 aliphatic heterocycles. The van der Waals surface area contributed by atoms with Gasteiger partial charge in [0.05, 0.1) is 17.9 Å². The van der Waals surface area contributed by atoms with Gasteiger partial charge in [-0.25, -0.2) is 13.2 Å². The Balaban J connectivity index is 2.18. The van der Waals surface area contributed by atoms with Crippen molar-refractivity contribution in [3.63, 3.8) is 0 Å². The molecule has 5 nitrogen and oxygen atoms in total. The largest absolute Gasteiger partial charge is 0.465 e. The Bertz CT molecular complexity index is 639. The van der Waals surface area contributed by atoms with Gasteiger partial charge in [0.15, 0.2) is 9.84 Å². The highest BCUT2D eigenvalue weighted by Gasteiger charge is 2.34. The van der Waals surface area contributed by atoms with E-state index in [0.717, 1.165) is 24.1 Å². The average Bonchev–Trinajstić information content (AvgIpc) is 2.88. The summed E-state index contributed by atoms with van der Waals surface area (Å²) >= 11 is 0. The van der Waals surface area contributed by atoms with Crippen molar-refractivity contribution in [2.24, 2.45) is 0 Å². The summed E-state index contributed by atoms with van der Waals surface area (Å²) in [5.41, 5.74) is 2.26. The van der Waals surface area contributed by atoms with Crippen molar-refractivity contribution in [2.45, 2.75) is 37.5 Å².